The van der Waals surface area contributed by atoms with Crippen molar-refractivity contribution in [2.75, 3.05) is 20.3 Å². The van der Waals surface area contributed by atoms with Crippen molar-refractivity contribution in [3.05, 3.63) is 0 Å². The summed E-state index contributed by atoms with van der Waals surface area (Å²) in [4.78, 5) is 21.7. The Morgan fingerprint density at radius 1 is 1.29 bits per heavy atom. The number of hydrogen-bond donors (Lipinski definition) is 3. The van der Waals surface area contributed by atoms with Crippen LogP contribution in [0.1, 0.15) is 32.6 Å². The van der Waals surface area contributed by atoms with Crippen LogP contribution in [0.5, 0.6) is 0 Å². The fourth-order valence-corrected chi connectivity index (χ4v) is 1.34. The molecule has 0 aromatic carbocycles. The largest absolute Gasteiger partial charge is 0.481 e. The molecule has 0 rings (SSSR count). The summed E-state index contributed by atoms with van der Waals surface area (Å²) in [5, 5.41) is 13.7. The molecule has 0 heterocycles. The first kappa shape index (κ1) is 15.7. The topological polar surface area (TPSA) is 87.7 Å². The molecule has 100 valence electrons. The van der Waals surface area contributed by atoms with Crippen molar-refractivity contribution < 1.29 is 19.4 Å². The second-order valence-corrected chi connectivity index (χ2v) is 3.95. The highest BCUT2D eigenvalue weighted by Gasteiger charge is 2.09. The summed E-state index contributed by atoms with van der Waals surface area (Å²) in [6.07, 6.45) is 2.80. The molecule has 6 nitrogen and oxygen atoms in total. The summed E-state index contributed by atoms with van der Waals surface area (Å²) in [5.41, 5.74) is 0. The van der Waals surface area contributed by atoms with E-state index in [-0.39, 0.29) is 18.5 Å². The summed E-state index contributed by atoms with van der Waals surface area (Å²) >= 11 is 0. The minimum Gasteiger partial charge on any atom is -0.481 e. The van der Waals surface area contributed by atoms with E-state index in [1.165, 1.54) is 0 Å². The minimum atomic E-state index is -0.919. The zero-order valence-electron chi connectivity index (χ0n) is 10.5. The van der Waals surface area contributed by atoms with E-state index in [1.807, 2.05) is 0 Å². The predicted molar refractivity (Wildman–Crippen MR) is 64.0 cm³/mol. The van der Waals surface area contributed by atoms with Gasteiger partial charge in [-0.3, -0.25) is 4.79 Å². The number of ether oxygens (including phenoxy) is 1. The minimum absolute atomic E-state index is 0.0682. The van der Waals surface area contributed by atoms with Crippen LogP contribution >= 0.6 is 0 Å². The molecule has 6 heteroatoms. The van der Waals surface area contributed by atoms with Crippen molar-refractivity contribution in [1.29, 1.82) is 0 Å². The third kappa shape index (κ3) is 11.0. The van der Waals surface area contributed by atoms with E-state index < -0.39 is 5.97 Å². The van der Waals surface area contributed by atoms with E-state index in [9.17, 15) is 9.59 Å². The molecule has 0 fully saturated rings. The molecule has 0 radical (unpaired) electrons. The van der Waals surface area contributed by atoms with Gasteiger partial charge < -0.3 is 20.5 Å². The van der Waals surface area contributed by atoms with Crippen molar-refractivity contribution in [2.24, 2.45) is 0 Å². The summed E-state index contributed by atoms with van der Waals surface area (Å²) in [5.74, 6) is -0.919. The Hall–Kier alpha value is -1.30. The van der Waals surface area contributed by atoms with Crippen molar-refractivity contribution in [2.45, 2.75) is 38.6 Å². The molecule has 0 saturated heterocycles. The molecule has 0 saturated carbocycles. The molecule has 2 amide bonds. The smallest absolute Gasteiger partial charge is 0.315 e. The van der Waals surface area contributed by atoms with Crippen LogP contribution in [0.15, 0.2) is 0 Å². The van der Waals surface area contributed by atoms with Gasteiger partial charge in [0.2, 0.25) is 0 Å². The highest BCUT2D eigenvalue weighted by molar-refractivity contribution is 5.75. The number of rotatable bonds is 9. The molecule has 0 aliphatic heterocycles. The van der Waals surface area contributed by atoms with Crippen molar-refractivity contribution >= 4 is 12.0 Å². The molecule has 0 bridgehead atoms. The van der Waals surface area contributed by atoms with Gasteiger partial charge in [-0.25, -0.2) is 4.79 Å². The number of nitrogens with one attached hydrogen (secondary N) is 2. The SMILES string of the molecule is COCCCCCNC(=O)NC(C)CC(=O)O. The van der Waals surface area contributed by atoms with Gasteiger partial charge in [0.25, 0.3) is 0 Å². The average Bonchev–Trinajstić information content (AvgIpc) is 2.21. The first-order chi connectivity index (χ1) is 8.06. The van der Waals surface area contributed by atoms with E-state index in [2.05, 4.69) is 10.6 Å². The molecular formula is C11H22N2O4. The zero-order chi connectivity index (χ0) is 13.1. The number of carboxylic acid groups (broad SMARTS) is 1. The van der Waals surface area contributed by atoms with Crippen LogP contribution in [0.2, 0.25) is 0 Å². The number of aliphatic carboxylic acids is 1. The molecule has 0 aromatic heterocycles. The average molecular weight is 246 g/mol. The van der Waals surface area contributed by atoms with Gasteiger partial charge in [-0.1, -0.05) is 0 Å². The number of carbonyl (C=O) groups excluding carboxylic acids is 1. The monoisotopic (exact) mass is 246 g/mol. The van der Waals surface area contributed by atoms with Gasteiger partial charge in [-0.15, -0.1) is 0 Å². The Bertz CT molecular complexity index is 234. The standard InChI is InChI=1S/C11H22N2O4/c1-9(8-10(14)15)13-11(16)12-6-4-3-5-7-17-2/h9H,3-8H2,1-2H3,(H,14,15)(H2,12,13,16). The summed E-state index contributed by atoms with van der Waals surface area (Å²) < 4.78 is 4.90. The number of hydrogen-bond acceptors (Lipinski definition) is 3. The maximum absolute atomic E-state index is 11.3. The highest BCUT2D eigenvalue weighted by Crippen LogP contribution is 1.94. The number of unbranched alkanes of at least 4 members (excludes halogenated alkanes) is 2. The predicted octanol–water partition coefficient (Wildman–Crippen LogP) is 0.965. The van der Waals surface area contributed by atoms with Crippen LogP contribution in [-0.2, 0) is 9.53 Å². The van der Waals surface area contributed by atoms with E-state index in [0.29, 0.717) is 6.54 Å². The van der Waals surface area contributed by atoms with Crippen LogP contribution in [0, 0.1) is 0 Å². The van der Waals surface area contributed by atoms with E-state index in [1.54, 1.807) is 14.0 Å². The van der Waals surface area contributed by atoms with Gasteiger partial charge in [0, 0.05) is 26.3 Å². The molecule has 1 atom stereocenters. The maximum atomic E-state index is 11.3. The molecule has 0 aliphatic carbocycles. The molecule has 3 N–H and O–H groups in total. The second kappa shape index (κ2) is 9.89. The number of urea groups is 1. The van der Waals surface area contributed by atoms with Crippen LogP contribution in [0.4, 0.5) is 4.79 Å². The lowest BCUT2D eigenvalue weighted by Crippen LogP contribution is -2.41. The number of methoxy groups -OCH3 is 1. The molecule has 0 spiro atoms. The molecule has 0 aliphatic rings. The maximum Gasteiger partial charge on any atom is 0.315 e. The summed E-state index contributed by atoms with van der Waals surface area (Å²) in [6, 6.07) is -0.675. The number of amides is 2. The third-order valence-electron chi connectivity index (χ3n) is 2.17. The van der Waals surface area contributed by atoms with E-state index in [0.717, 1.165) is 25.9 Å². The lowest BCUT2D eigenvalue weighted by molar-refractivity contribution is -0.137. The Kier molecular flexibility index (Phi) is 9.14. The van der Waals surface area contributed by atoms with E-state index in [4.69, 9.17) is 9.84 Å². The van der Waals surface area contributed by atoms with Crippen LogP contribution in [0.25, 0.3) is 0 Å². The van der Waals surface area contributed by atoms with Gasteiger partial charge in [0.05, 0.1) is 6.42 Å². The van der Waals surface area contributed by atoms with Gasteiger partial charge in [-0.2, -0.15) is 0 Å². The van der Waals surface area contributed by atoms with Gasteiger partial charge in [0.1, 0.15) is 0 Å². The van der Waals surface area contributed by atoms with Crippen molar-refractivity contribution in [3.8, 4) is 0 Å². The first-order valence-corrected chi connectivity index (χ1v) is 5.81. The lowest BCUT2D eigenvalue weighted by Gasteiger charge is -2.12. The van der Waals surface area contributed by atoms with Crippen LogP contribution in [-0.4, -0.2) is 43.4 Å². The molecule has 17 heavy (non-hydrogen) atoms. The second-order valence-electron chi connectivity index (χ2n) is 3.95. The van der Waals surface area contributed by atoms with E-state index >= 15 is 0 Å². The molecular weight excluding hydrogens is 224 g/mol. The van der Waals surface area contributed by atoms with Crippen molar-refractivity contribution in [3.63, 3.8) is 0 Å². The van der Waals surface area contributed by atoms with Gasteiger partial charge in [-0.05, 0) is 26.2 Å². The Balaban J connectivity index is 3.43. The number of carboxylic acids is 1. The van der Waals surface area contributed by atoms with Gasteiger partial charge in [0.15, 0.2) is 0 Å². The Morgan fingerprint density at radius 3 is 2.59 bits per heavy atom. The highest BCUT2D eigenvalue weighted by atomic mass is 16.5. The number of carbonyl (C=O) groups is 2. The quantitative estimate of drug-likeness (QED) is 0.529. The van der Waals surface area contributed by atoms with Gasteiger partial charge >= 0.3 is 12.0 Å². The first-order valence-electron chi connectivity index (χ1n) is 5.81. The third-order valence-corrected chi connectivity index (χ3v) is 2.17. The fourth-order valence-electron chi connectivity index (χ4n) is 1.34. The lowest BCUT2D eigenvalue weighted by atomic mass is 10.2. The molecule has 1 unspecified atom stereocenters. The van der Waals surface area contributed by atoms with Crippen LogP contribution < -0.4 is 10.6 Å². The zero-order valence-corrected chi connectivity index (χ0v) is 10.5. The Morgan fingerprint density at radius 2 is 2.00 bits per heavy atom. The summed E-state index contributed by atoms with van der Waals surface area (Å²) in [6.45, 7) is 2.99. The Labute approximate surface area is 102 Å². The normalized spacial score (nSPS) is 11.9. The summed E-state index contributed by atoms with van der Waals surface area (Å²) in [7, 11) is 1.66. The molecule has 0 aromatic rings. The fraction of sp³-hybridized carbons (Fsp3) is 0.818. The van der Waals surface area contributed by atoms with Crippen LogP contribution in [0.3, 0.4) is 0 Å². The van der Waals surface area contributed by atoms with Crippen molar-refractivity contribution in [1.82, 2.24) is 10.6 Å².